The Hall–Kier alpha value is -3.92. The maximum atomic E-state index is 13.0. The summed E-state index contributed by atoms with van der Waals surface area (Å²) >= 11 is 0. The molecule has 0 unspecified atom stereocenters. The number of carbonyl (C=O) groups is 3. The van der Waals surface area contributed by atoms with Crippen LogP contribution in [0.3, 0.4) is 0 Å². The lowest BCUT2D eigenvalue weighted by atomic mass is 9.95. The summed E-state index contributed by atoms with van der Waals surface area (Å²) in [5.74, 6) is -0.201. The molecular weight excluding hydrogens is 404 g/mol. The van der Waals surface area contributed by atoms with E-state index in [0.29, 0.717) is 28.1 Å². The second kappa shape index (κ2) is 6.81. The average Bonchev–Trinajstić information content (AvgIpc) is 3.41. The number of aliphatic hydroxyl groups is 1. The number of aromatic nitrogens is 1. The van der Waals surface area contributed by atoms with E-state index in [9.17, 15) is 19.5 Å². The molecule has 0 radical (unpaired) electrons. The maximum Gasteiger partial charge on any atom is 0.322 e. The van der Waals surface area contributed by atoms with Gasteiger partial charge in [0.2, 0.25) is 0 Å². The number of fused-ring (bicyclic) bond motifs is 2. The fourth-order valence-corrected chi connectivity index (χ4v) is 4.00. The van der Waals surface area contributed by atoms with Crippen LogP contribution in [-0.2, 0) is 23.5 Å². The molecule has 2 aliphatic heterocycles. The highest BCUT2D eigenvalue weighted by Crippen LogP contribution is 2.34. The third-order valence-corrected chi connectivity index (χ3v) is 5.58. The summed E-state index contributed by atoms with van der Waals surface area (Å²) < 4.78 is 11.1. The summed E-state index contributed by atoms with van der Waals surface area (Å²) in [5, 5.41) is 14.2. The third-order valence-electron chi connectivity index (χ3n) is 5.58. The summed E-state index contributed by atoms with van der Waals surface area (Å²) in [6, 6.07) is 9.30. The topological polar surface area (TPSA) is 134 Å². The summed E-state index contributed by atoms with van der Waals surface area (Å²) in [7, 11) is 1.52. The van der Waals surface area contributed by atoms with Crippen LogP contribution in [0, 0.1) is 0 Å². The number of methoxy groups -OCH3 is 1. The summed E-state index contributed by atoms with van der Waals surface area (Å²) in [6.07, 6.45) is 0. The first-order valence-electron chi connectivity index (χ1n) is 9.54. The molecule has 0 saturated carbocycles. The van der Waals surface area contributed by atoms with Gasteiger partial charge in [0.05, 0.1) is 26.0 Å². The van der Waals surface area contributed by atoms with Gasteiger partial charge in [-0.05, 0) is 29.8 Å². The minimum atomic E-state index is -1.61. The van der Waals surface area contributed by atoms with Crippen LogP contribution in [0.1, 0.15) is 27.4 Å². The molecule has 3 N–H and O–H groups in total. The molecule has 0 spiro atoms. The second-order valence-electron chi connectivity index (χ2n) is 7.45. The van der Waals surface area contributed by atoms with Crippen molar-refractivity contribution < 1.29 is 28.6 Å². The van der Waals surface area contributed by atoms with Crippen molar-refractivity contribution in [2.24, 2.45) is 0 Å². The summed E-state index contributed by atoms with van der Waals surface area (Å²) in [5.41, 5.74) is 0.923. The minimum Gasteiger partial charge on any atom is -0.497 e. The molecule has 2 aliphatic rings. The Morgan fingerprint density at radius 2 is 2.06 bits per heavy atom. The number of hydrogen-bond acceptors (Lipinski definition) is 7. The van der Waals surface area contributed by atoms with E-state index in [1.165, 1.54) is 18.1 Å². The van der Waals surface area contributed by atoms with Crippen LogP contribution >= 0.6 is 0 Å². The molecule has 0 bridgehead atoms. The van der Waals surface area contributed by atoms with Gasteiger partial charge < -0.3 is 24.5 Å². The number of benzene rings is 1. The van der Waals surface area contributed by atoms with Crippen LogP contribution in [0.2, 0.25) is 0 Å². The maximum absolute atomic E-state index is 13.0. The number of furan rings is 1. The van der Waals surface area contributed by atoms with Gasteiger partial charge in [-0.3, -0.25) is 14.9 Å². The van der Waals surface area contributed by atoms with Gasteiger partial charge in [0.1, 0.15) is 17.0 Å². The molecule has 4 heterocycles. The fraction of sp³-hybridized carbons (Fsp3) is 0.238. The van der Waals surface area contributed by atoms with Crippen molar-refractivity contribution in [2.45, 2.75) is 18.7 Å². The van der Waals surface area contributed by atoms with Crippen LogP contribution in [0.4, 0.5) is 4.79 Å². The lowest BCUT2D eigenvalue weighted by Gasteiger charge is -2.28. The number of rotatable bonds is 5. The van der Waals surface area contributed by atoms with Crippen LogP contribution in [-0.4, -0.2) is 46.5 Å². The van der Waals surface area contributed by atoms with Crippen molar-refractivity contribution in [3.8, 4) is 5.75 Å². The van der Waals surface area contributed by atoms with Gasteiger partial charge in [-0.1, -0.05) is 6.07 Å². The lowest BCUT2D eigenvalue weighted by molar-refractivity contribution is -0.125. The zero-order chi connectivity index (χ0) is 21.8. The first kappa shape index (κ1) is 19.1. The number of ether oxygens (including phenoxy) is 1. The number of amides is 4. The largest absolute Gasteiger partial charge is 0.497 e. The average molecular weight is 422 g/mol. The molecule has 0 aliphatic carbocycles. The summed E-state index contributed by atoms with van der Waals surface area (Å²) in [4.78, 5) is 43.7. The molecule has 3 aromatic rings. The van der Waals surface area contributed by atoms with Crippen LogP contribution in [0.15, 0.2) is 40.8 Å². The molecule has 158 valence electrons. The Balaban J connectivity index is 1.54. The van der Waals surface area contributed by atoms with E-state index >= 15 is 0 Å². The highest BCUT2D eigenvalue weighted by Gasteiger charge is 2.53. The molecule has 10 heteroatoms. The van der Waals surface area contributed by atoms with Crippen molar-refractivity contribution in [3.63, 3.8) is 0 Å². The Morgan fingerprint density at radius 3 is 2.77 bits per heavy atom. The number of hydrogen-bond donors (Lipinski definition) is 3. The van der Waals surface area contributed by atoms with Crippen molar-refractivity contribution in [1.29, 1.82) is 0 Å². The first-order chi connectivity index (χ1) is 14.9. The van der Waals surface area contributed by atoms with Crippen molar-refractivity contribution >= 4 is 28.9 Å². The van der Waals surface area contributed by atoms with Crippen LogP contribution in [0.25, 0.3) is 11.1 Å². The Labute approximate surface area is 175 Å². The molecule has 1 aromatic carbocycles. The van der Waals surface area contributed by atoms with Crippen LogP contribution in [0.5, 0.6) is 5.75 Å². The molecule has 1 saturated heterocycles. The Kier molecular flexibility index (Phi) is 4.19. The number of pyridine rings is 1. The lowest BCUT2D eigenvalue weighted by Crippen LogP contribution is -2.52. The standard InChI is InChI=1S/C21H18N4O6/c1-30-13-4-2-11-8-25(18(27)14(11)6-13)10-21(19(28)23-20(29)24-21)17-7-15-16(31-17)5-3-12(9-26)22-15/h2-7,26H,8-10H2,1H3,(H2,23,24,28,29)/t21-/m0/s1. The number of carbonyl (C=O) groups excluding carboxylic acids is 3. The number of urea groups is 1. The van der Waals surface area contributed by atoms with Gasteiger partial charge in [0.25, 0.3) is 11.8 Å². The van der Waals surface area contributed by atoms with Gasteiger partial charge in [-0.2, -0.15) is 0 Å². The monoisotopic (exact) mass is 422 g/mol. The van der Waals surface area contributed by atoms with Crippen molar-refractivity contribution in [2.75, 3.05) is 13.7 Å². The van der Waals surface area contributed by atoms with Gasteiger partial charge in [0.15, 0.2) is 11.1 Å². The van der Waals surface area contributed by atoms with E-state index in [1.807, 2.05) is 0 Å². The zero-order valence-corrected chi connectivity index (χ0v) is 16.5. The predicted molar refractivity (Wildman–Crippen MR) is 106 cm³/mol. The third kappa shape index (κ3) is 2.91. The van der Waals surface area contributed by atoms with Crippen LogP contribution < -0.4 is 15.4 Å². The normalized spacial score (nSPS) is 20.2. The van der Waals surface area contributed by atoms with Crippen molar-refractivity contribution in [1.82, 2.24) is 20.5 Å². The predicted octanol–water partition coefficient (Wildman–Crippen LogP) is 1.02. The van der Waals surface area contributed by atoms with Crippen molar-refractivity contribution in [3.05, 3.63) is 59.0 Å². The number of imide groups is 1. The van der Waals surface area contributed by atoms with E-state index in [4.69, 9.17) is 9.15 Å². The number of aliphatic hydroxyl groups excluding tert-OH is 1. The minimum absolute atomic E-state index is 0.132. The molecular formula is C21H18N4O6. The highest BCUT2D eigenvalue weighted by molar-refractivity contribution is 6.08. The van der Waals surface area contributed by atoms with Gasteiger partial charge in [-0.15, -0.1) is 0 Å². The molecule has 5 rings (SSSR count). The molecule has 4 amide bonds. The zero-order valence-electron chi connectivity index (χ0n) is 16.5. The molecule has 1 fully saturated rings. The van der Waals surface area contributed by atoms with Gasteiger partial charge in [0, 0.05) is 18.2 Å². The van der Waals surface area contributed by atoms with E-state index in [-0.39, 0.29) is 31.4 Å². The van der Waals surface area contributed by atoms with E-state index < -0.39 is 17.5 Å². The Bertz CT molecular complexity index is 1250. The summed E-state index contributed by atoms with van der Waals surface area (Å²) in [6.45, 7) is -0.105. The van der Waals surface area contributed by atoms with Gasteiger partial charge in [-0.25, -0.2) is 9.78 Å². The second-order valence-corrected chi connectivity index (χ2v) is 7.45. The Morgan fingerprint density at radius 1 is 1.23 bits per heavy atom. The molecule has 1 atom stereocenters. The molecule has 10 nitrogen and oxygen atoms in total. The van der Waals surface area contributed by atoms with Gasteiger partial charge >= 0.3 is 6.03 Å². The highest BCUT2D eigenvalue weighted by atomic mass is 16.5. The first-order valence-corrected chi connectivity index (χ1v) is 9.54. The quantitative estimate of drug-likeness (QED) is 0.523. The SMILES string of the molecule is COc1ccc2c(c1)C(=O)N(C[C@@]1(c3cc4nc(CO)ccc4o3)NC(=O)NC1=O)C2. The van der Waals surface area contributed by atoms with E-state index in [1.54, 1.807) is 30.3 Å². The van der Waals surface area contributed by atoms with E-state index in [2.05, 4.69) is 15.6 Å². The van der Waals surface area contributed by atoms with E-state index in [0.717, 1.165) is 5.56 Å². The molecule has 2 aromatic heterocycles. The smallest absolute Gasteiger partial charge is 0.322 e. The number of nitrogens with one attached hydrogen (secondary N) is 2. The fourth-order valence-electron chi connectivity index (χ4n) is 4.00. The number of nitrogens with zero attached hydrogens (tertiary/aromatic N) is 2. The molecule has 31 heavy (non-hydrogen) atoms.